The molecule has 140 valence electrons. The molecule has 0 radical (unpaired) electrons. The molecule has 2 aromatic heterocycles. The van der Waals surface area contributed by atoms with E-state index in [0.717, 1.165) is 26.4 Å². The van der Waals surface area contributed by atoms with Gasteiger partial charge in [-0.3, -0.25) is 20.4 Å². The van der Waals surface area contributed by atoms with Crippen molar-refractivity contribution >= 4 is 45.1 Å². The summed E-state index contributed by atoms with van der Waals surface area (Å²) >= 11 is 2.97. The third-order valence-electron chi connectivity index (χ3n) is 4.20. The molecule has 3 rings (SSSR count). The molecule has 1 unspecified atom stereocenters. The Morgan fingerprint density at radius 1 is 1.07 bits per heavy atom. The van der Waals surface area contributed by atoms with Crippen LogP contribution in [0.3, 0.4) is 0 Å². The summed E-state index contributed by atoms with van der Waals surface area (Å²) < 4.78 is 0. The predicted molar refractivity (Wildman–Crippen MR) is 109 cm³/mol. The second-order valence-electron chi connectivity index (χ2n) is 6.21. The maximum atomic E-state index is 12.4. The van der Waals surface area contributed by atoms with Crippen molar-refractivity contribution in [2.75, 3.05) is 0 Å². The fraction of sp³-hybridized carbons (Fsp3) is 0.263. The van der Waals surface area contributed by atoms with Crippen LogP contribution in [0.2, 0.25) is 0 Å². The van der Waals surface area contributed by atoms with Gasteiger partial charge in [0.2, 0.25) is 0 Å². The van der Waals surface area contributed by atoms with E-state index in [4.69, 9.17) is 0 Å². The molecule has 8 heteroatoms. The fourth-order valence-corrected chi connectivity index (χ4v) is 4.50. The third kappa shape index (κ3) is 4.28. The molecule has 3 aromatic rings. The second kappa shape index (κ2) is 8.06. The number of amides is 2. The molecule has 2 amide bonds. The first-order valence-electron chi connectivity index (χ1n) is 8.41. The number of thioether (sulfide) groups is 1. The van der Waals surface area contributed by atoms with E-state index in [9.17, 15) is 9.59 Å². The number of aryl methyl sites for hydroxylation is 3. The van der Waals surface area contributed by atoms with Gasteiger partial charge in [-0.15, -0.1) is 11.3 Å². The molecule has 0 aliphatic heterocycles. The Kier molecular flexibility index (Phi) is 5.76. The summed E-state index contributed by atoms with van der Waals surface area (Å²) in [6.45, 7) is 7.81. The summed E-state index contributed by atoms with van der Waals surface area (Å²) in [5, 5.41) is 1.34. The molecular formula is C19H20N4O2S2. The van der Waals surface area contributed by atoms with Crippen LogP contribution < -0.4 is 10.9 Å². The van der Waals surface area contributed by atoms with E-state index >= 15 is 0 Å². The van der Waals surface area contributed by atoms with Crippen LogP contribution in [0.15, 0.2) is 35.6 Å². The fourth-order valence-electron chi connectivity index (χ4n) is 2.46. The van der Waals surface area contributed by atoms with Crippen molar-refractivity contribution in [2.24, 2.45) is 0 Å². The van der Waals surface area contributed by atoms with Crippen molar-refractivity contribution in [1.82, 2.24) is 20.8 Å². The Hall–Kier alpha value is -2.45. The molecule has 2 N–H and O–H groups in total. The molecule has 0 aliphatic carbocycles. The molecule has 0 saturated carbocycles. The van der Waals surface area contributed by atoms with Gasteiger partial charge >= 0.3 is 0 Å². The lowest BCUT2D eigenvalue weighted by atomic mass is 10.1. The highest BCUT2D eigenvalue weighted by Gasteiger charge is 2.20. The lowest BCUT2D eigenvalue weighted by Crippen LogP contribution is -2.44. The second-order valence-corrected chi connectivity index (χ2v) is 8.74. The van der Waals surface area contributed by atoms with Gasteiger partial charge in [0.1, 0.15) is 16.2 Å². The number of hydrazine groups is 1. The number of benzene rings is 1. The Morgan fingerprint density at radius 3 is 2.48 bits per heavy atom. The first kappa shape index (κ1) is 19.3. The number of carbonyl (C=O) groups excluding carboxylic acids is 2. The van der Waals surface area contributed by atoms with Crippen molar-refractivity contribution in [3.05, 3.63) is 52.2 Å². The summed E-state index contributed by atoms with van der Waals surface area (Å²) in [6.07, 6.45) is 1.52. The van der Waals surface area contributed by atoms with Gasteiger partial charge in [-0.1, -0.05) is 29.5 Å². The predicted octanol–water partition coefficient (Wildman–Crippen LogP) is 3.56. The van der Waals surface area contributed by atoms with Gasteiger partial charge in [0.25, 0.3) is 11.8 Å². The number of nitrogens with zero attached hydrogens (tertiary/aromatic N) is 2. The molecule has 1 aromatic carbocycles. The van der Waals surface area contributed by atoms with Crippen molar-refractivity contribution < 1.29 is 9.59 Å². The van der Waals surface area contributed by atoms with Crippen LogP contribution in [0.1, 0.15) is 33.3 Å². The zero-order valence-corrected chi connectivity index (χ0v) is 17.1. The Bertz CT molecular complexity index is 999. The van der Waals surface area contributed by atoms with E-state index in [0.29, 0.717) is 5.56 Å². The summed E-state index contributed by atoms with van der Waals surface area (Å²) in [7, 11) is 0. The molecule has 0 bridgehead atoms. The van der Waals surface area contributed by atoms with Crippen LogP contribution in [0.25, 0.3) is 10.2 Å². The number of hydrogen-bond acceptors (Lipinski definition) is 6. The highest BCUT2D eigenvalue weighted by Crippen LogP contribution is 2.35. The molecular weight excluding hydrogens is 380 g/mol. The Balaban J connectivity index is 1.64. The number of carbonyl (C=O) groups is 2. The molecule has 27 heavy (non-hydrogen) atoms. The van der Waals surface area contributed by atoms with Crippen LogP contribution in [0, 0.1) is 20.8 Å². The molecule has 0 fully saturated rings. The summed E-state index contributed by atoms with van der Waals surface area (Å²) in [4.78, 5) is 35.3. The SMILES string of the molecule is Cc1ccc(C(=O)NNC(=O)C(C)Sc2ncnc3sc(C)c(C)c23)cc1. The first-order valence-corrected chi connectivity index (χ1v) is 10.1. The minimum absolute atomic E-state index is 0.295. The van der Waals surface area contributed by atoms with Gasteiger partial charge in [-0.25, -0.2) is 9.97 Å². The van der Waals surface area contributed by atoms with Gasteiger partial charge in [-0.05, 0) is 45.4 Å². The van der Waals surface area contributed by atoms with Gasteiger partial charge in [0.05, 0.1) is 5.25 Å². The zero-order valence-electron chi connectivity index (χ0n) is 15.5. The van der Waals surface area contributed by atoms with Gasteiger partial charge in [0.15, 0.2) is 0 Å². The summed E-state index contributed by atoms with van der Waals surface area (Å²) in [6, 6.07) is 7.13. The van der Waals surface area contributed by atoms with E-state index in [2.05, 4.69) is 20.8 Å². The van der Waals surface area contributed by atoms with Crippen LogP contribution in [0.4, 0.5) is 0 Å². The Morgan fingerprint density at radius 2 is 1.78 bits per heavy atom. The molecule has 6 nitrogen and oxygen atoms in total. The average Bonchev–Trinajstić information content (AvgIpc) is 2.95. The third-order valence-corrected chi connectivity index (χ3v) is 6.42. The van der Waals surface area contributed by atoms with Crippen molar-refractivity contribution in [3.8, 4) is 0 Å². The molecule has 0 saturated heterocycles. The quantitative estimate of drug-likeness (QED) is 0.397. The summed E-state index contributed by atoms with van der Waals surface area (Å²) in [5.74, 6) is -0.647. The van der Waals surface area contributed by atoms with E-state index in [1.807, 2.05) is 32.9 Å². The van der Waals surface area contributed by atoms with E-state index in [1.54, 1.807) is 30.4 Å². The number of hydrogen-bond donors (Lipinski definition) is 2. The van der Waals surface area contributed by atoms with Gasteiger partial charge in [0, 0.05) is 15.8 Å². The minimum atomic E-state index is -0.430. The number of rotatable bonds is 4. The average molecular weight is 401 g/mol. The maximum absolute atomic E-state index is 12.4. The highest BCUT2D eigenvalue weighted by molar-refractivity contribution is 8.00. The Labute approximate surface area is 165 Å². The molecule has 2 heterocycles. The standard InChI is InChI=1S/C19H20N4O2S2/c1-10-5-7-14(8-6-10)17(25)23-22-16(24)13(4)27-19-15-11(2)12(3)26-18(15)20-9-21-19/h5-9,13H,1-4H3,(H,22,24)(H,23,25). The highest BCUT2D eigenvalue weighted by atomic mass is 32.2. The lowest BCUT2D eigenvalue weighted by molar-refractivity contribution is -0.121. The molecule has 0 aliphatic rings. The van der Waals surface area contributed by atoms with Gasteiger partial charge < -0.3 is 0 Å². The van der Waals surface area contributed by atoms with E-state index in [1.165, 1.54) is 23.0 Å². The van der Waals surface area contributed by atoms with Crippen molar-refractivity contribution in [2.45, 2.75) is 38.0 Å². The summed E-state index contributed by atoms with van der Waals surface area (Å²) in [5.41, 5.74) is 7.63. The first-order chi connectivity index (χ1) is 12.9. The molecule has 0 spiro atoms. The van der Waals surface area contributed by atoms with Gasteiger partial charge in [-0.2, -0.15) is 0 Å². The largest absolute Gasteiger partial charge is 0.272 e. The number of nitrogens with one attached hydrogen (secondary N) is 2. The number of aromatic nitrogens is 2. The smallest absolute Gasteiger partial charge is 0.269 e. The maximum Gasteiger partial charge on any atom is 0.269 e. The van der Waals surface area contributed by atoms with Crippen molar-refractivity contribution in [1.29, 1.82) is 0 Å². The van der Waals surface area contributed by atoms with Crippen LogP contribution in [-0.2, 0) is 4.79 Å². The minimum Gasteiger partial charge on any atom is -0.272 e. The van der Waals surface area contributed by atoms with Crippen LogP contribution >= 0.6 is 23.1 Å². The zero-order chi connectivity index (χ0) is 19.6. The van der Waals surface area contributed by atoms with E-state index < -0.39 is 5.25 Å². The normalized spacial score (nSPS) is 12.0. The molecule has 1 atom stereocenters. The van der Waals surface area contributed by atoms with Crippen molar-refractivity contribution in [3.63, 3.8) is 0 Å². The van der Waals surface area contributed by atoms with Crippen LogP contribution in [0.5, 0.6) is 0 Å². The van der Waals surface area contributed by atoms with Crippen LogP contribution in [-0.4, -0.2) is 27.0 Å². The number of thiophene rings is 1. The lowest BCUT2D eigenvalue weighted by Gasteiger charge is -2.13. The van der Waals surface area contributed by atoms with E-state index in [-0.39, 0.29) is 11.8 Å². The topological polar surface area (TPSA) is 84.0 Å². The number of fused-ring (bicyclic) bond motifs is 1. The monoisotopic (exact) mass is 400 g/mol.